The van der Waals surface area contributed by atoms with E-state index in [1.807, 2.05) is 36.7 Å². The van der Waals surface area contributed by atoms with Crippen LogP contribution in [0.1, 0.15) is 5.56 Å². The Morgan fingerprint density at radius 2 is 2.00 bits per heavy atom. The van der Waals surface area contributed by atoms with Crippen molar-refractivity contribution in [3.05, 3.63) is 65.2 Å². The number of hydrogen-bond acceptors (Lipinski definition) is 4. The first-order chi connectivity index (χ1) is 14.2. The number of aromatic nitrogens is 4. The number of carbonyl (C=O) groups is 1. The van der Waals surface area contributed by atoms with Crippen molar-refractivity contribution in [2.24, 2.45) is 0 Å². The van der Waals surface area contributed by atoms with Crippen LogP contribution in [-0.2, 0) is 4.79 Å². The second-order valence-electron chi connectivity index (χ2n) is 5.85. The minimum atomic E-state index is -5.08. The zero-order valence-corrected chi connectivity index (χ0v) is 16.4. The van der Waals surface area contributed by atoms with Gasteiger partial charge in [-0.05, 0) is 35.9 Å². The van der Waals surface area contributed by atoms with Crippen LogP contribution in [0.5, 0.6) is 0 Å². The van der Waals surface area contributed by atoms with Crippen molar-refractivity contribution in [1.29, 1.82) is 5.26 Å². The second kappa shape index (κ2) is 8.38. The monoisotopic (exact) mass is 477 g/mol. The third-order valence-corrected chi connectivity index (χ3v) is 4.42. The topological polar surface area (TPSA) is 108 Å². The van der Waals surface area contributed by atoms with Gasteiger partial charge in [-0.1, -0.05) is 15.9 Å². The first-order valence-electron chi connectivity index (χ1n) is 8.18. The van der Waals surface area contributed by atoms with Crippen molar-refractivity contribution >= 4 is 32.9 Å². The Hall–Kier alpha value is -3.65. The maximum atomic E-state index is 10.6. The fraction of sp³-hybridized carbons (Fsp3) is 0.0526. The predicted molar refractivity (Wildman–Crippen MR) is 105 cm³/mol. The van der Waals surface area contributed by atoms with Crippen LogP contribution >= 0.6 is 15.9 Å². The van der Waals surface area contributed by atoms with Crippen molar-refractivity contribution < 1.29 is 23.1 Å². The number of alkyl halides is 3. The van der Waals surface area contributed by atoms with Gasteiger partial charge in [0.15, 0.2) is 0 Å². The van der Waals surface area contributed by atoms with E-state index in [1.165, 1.54) is 0 Å². The highest BCUT2D eigenvalue weighted by atomic mass is 79.9. The summed E-state index contributed by atoms with van der Waals surface area (Å²) in [5.41, 5.74) is 4.19. The molecular formula is C19H11BrF3N5O2. The number of nitrogens with zero attached hydrogens (tertiary/aromatic N) is 4. The van der Waals surface area contributed by atoms with Gasteiger partial charge in [0.25, 0.3) is 0 Å². The van der Waals surface area contributed by atoms with Gasteiger partial charge in [-0.25, -0.2) is 14.5 Å². The van der Waals surface area contributed by atoms with E-state index in [9.17, 15) is 18.4 Å². The van der Waals surface area contributed by atoms with Crippen molar-refractivity contribution in [3.63, 3.8) is 0 Å². The number of aromatic amines is 1. The van der Waals surface area contributed by atoms with Gasteiger partial charge in [0.1, 0.15) is 11.7 Å². The van der Waals surface area contributed by atoms with Crippen molar-refractivity contribution in [2.75, 3.05) is 0 Å². The molecule has 2 N–H and O–H groups in total. The molecular weight excluding hydrogens is 467 g/mol. The number of benzene rings is 1. The Morgan fingerprint density at radius 1 is 1.27 bits per heavy atom. The Kier molecular flexibility index (Phi) is 5.89. The highest BCUT2D eigenvalue weighted by molar-refractivity contribution is 9.10. The van der Waals surface area contributed by atoms with Crippen LogP contribution < -0.4 is 0 Å². The fourth-order valence-electron chi connectivity index (χ4n) is 2.60. The number of pyridine rings is 1. The molecule has 0 saturated heterocycles. The molecule has 0 amide bonds. The van der Waals surface area contributed by atoms with Crippen LogP contribution in [0.4, 0.5) is 13.2 Å². The Morgan fingerprint density at radius 3 is 2.67 bits per heavy atom. The van der Waals surface area contributed by atoms with E-state index in [4.69, 9.17) is 9.90 Å². The van der Waals surface area contributed by atoms with Crippen LogP contribution in [0.25, 0.3) is 27.8 Å². The summed E-state index contributed by atoms with van der Waals surface area (Å²) in [4.78, 5) is 16.3. The van der Waals surface area contributed by atoms with Gasteiger partial charge >= 0.3 is 12.1 Å². The molecule has 30 heavy (non-hydrogen) atoms. The summed E-state index contributed by atoms with van der Waals surface area (Å²) in [6.07, 6.45) is 2.27. The number of fused-ring (bicyclic) bond motifs is 1. The lowest BCUT2D eigenvalue weighted by atomic mass is 10.1. The molecule has 0 atom stereocenters. The lowest BCUT2D eigenvalue weighted by Crippen LogP contribution is -2.21. The standard InChI is InChI=1S/C17H10BrN5.C2HF3O2/c18-13-1-2-16(11(7-13)8-19)23-10-12(9-22-23)14-3-5-20-17-15(14)4-6-21-17;3-2(4,5)1(6)7/h1-7,9-10H,(H,20,21);(H,6,7). The number of nitriles is 1. The number of aliphatic carboxylic acids is 1. The number of rotatable bonds is 2. The predicted octanol–water partition coefficient (Wildman–Crippen LogP) is 4.68. The molecule has 1 aromatic carbocycles. The van der Waals surface area contributed by atoms with Crippen LogP contribution in [0.2, 0.25) is 0 Å². The fourth-order valence-corrected chi connectivity index (χ4v) is 2.96. The Labute approximate surface area is 175 Å². The molecule has 0 radical (unpaired) electrons. The molecule has 7 nitrogen and oxygen atoms in total. The van der Waals surface area contributed by atoms with Crippen molar-refractivity contribution in [2.45, 2.75) is 6.18 Å². The molecule has 3 aromatic heterocycles. The molecule has 3 heterocycles. The summed E-state index contributed by atoms with van der Waals surface area (Å²) in [5.74, 6) is -2.76. The van der Waals surface area contributed by atoms with Crippen LogP contribution in [0.15, 0.2) is 59.6 Å². The lowest BCUT2D eigenvalue weighted by Gasteiger charge is -2.04. The summed E-state index contributed by atoms with van der Waals surface area (Å²) in [6.45, 7) is 0. The van der Waals surface area contributed by atoms with E-state index >= 15 is 0 Å². The normalized spacial score (nSPS) is 10.9. The Bertz CT molecular complexity index is 1260. The van der Waals surface area contributed by atoms with Gasteiger partial charge in [-0.2, -0.15) is 23.5 Å². The number of hydrogen-bond donors (Lipinski definition) is 2. The zero-order valence-electron chi connectivity index (χ0n) is 14.9. The molecule has 0 aliphatic heterocycles. The first-order valence-corrected chi connectivity index (χ1v) is 8.97. The number of halogens is 4. The zero-order chi connectivity index (χ0) is 21.9. The molecule has 0 saturated carbocycles. The van der Waals surface area contributed by atoms with Gasteiger partial charge in [0.2, 0.25) is 0 Å². The first kappa shape index (κ1) is 21.1. The highest BCUT2D eigenvalue weighted by Crippen LogP contribution is 2.28. The van der Waals surface area contributed by atoms with E-state index in [-0.39, 0.29) is 0 Å². The quantitative estimate of drug-likeness (QED) is 0.435. The minimum Gasteiger partial charge on any atom is -0.475 e. The Balaban J connectivity index is 0.000000318. The van der Waals surface area contributed by atoms with Gasteiger partial charge in [0, 0.05) is 34.0 Å². The van der Waals surface area contributed by atoms with E-state index < -0.39 is 12.1 Å². The van der Waals surface area contributed by atoms with Gasteiger partial charge < -0.3 is 10.1 Å². The number of H-pyrrole nitrogens is 1. The summed E-state index contributed by atoms with van der Waals surface area (Å²) in [5, 5.41) is 21.9. The average molecular weight is 478 g/mol. The summed E-state index contributed by atoms with van der Waals surface area (Å²) >= 11 is 3.38. The van der Waals surface area contributed by atoms with Gasteiger partial charge in [-0.15, -0.1) is 0 Å². The molecule has 0 aliphatic carbocycles. The summed E-state index contributed by atoms with van der Waals surface area (Å²) < 4.78 is 34.3. The van der Waals surface area contributed by atoms with Crippen LogP contribution in [-0.4, -0.2) is 37.0 Å². The van der Waals surface area contributed by atoms with Gasteiger partial charge in [-0.3, -0.25) is 0 Å². The SMILES string of the molecule is N#Cc1cc(Br)ccc1-n1cc(-c2ccnc3[nH]ccc23)cn1.O=C(O)C(F)(F)F. The van der Waals surface area contributed by atoms with E-state index in [0.29, 0.717) is 5.56 Å². The van der Waals surface area contributed by atoms with E-state index in [0.717, 1.165) is 32.3 Å². The molecule has 0 bridgehead atoms. The molecule has 11 heteroatoms. The lowest BCUT2D eigenvalue weighted by molar-refractivity contribution is -0.192. The van der Waals surface area contributed by atoms with Crippen LogP contribution in [0.3, 0.4) is 0 Å². The average Bonchev–Trinajstić information content (AvgIpc) is 3.37. The molecule has 4 aromatic rings. The van der Waals surface area contributed by atoms with Crippen molar-refractivity contribution in [1.82, 2.24) is 19.7 Å². The number of nitrogens with one attached hydrogen (secondary N) is 1. The van der Waals surface area contributed by atoms with Crippen molar-refractivity contribution in [3.8, 4) is 22.9 Å². The summed E-state index contributed by atoms with van der Waals surface area (Å²) in [6, 6.07) is 11.7. The van der Waals surface area contributed by atoms with Gasteiger partial charge in [0.05, 0.1) is 17.4 Å². The third kappa shape index (κ3) is 4.49. The van der Waals surface area contributed by atoms with E-state index in [1.54, 1.807) is 23.1 Å². The number of carboxylic acid groups (broad SMARTS) is 1. The van der Waals surface area contributed by atoms with Crippen LogP contribution in [0, 0.1) is 11.3 Å². The largest absolute Gasteiger partial charge is 0.490 e. The third-order valence-electron chi connectivity index (χ3n) is 3.92. The van der Waals surface area contributed by atoms with E-state index in [2.05, 4.69) is 37.1 Å². The highest BCUT2D eigenvalue weighted by Gasteiger charge is 2.38. The molecule has 4 rings (SSSR count). The molecule has 0 aliphatic rings. The smallest absolute Gasteiger partial charge is 0.475 e. The molecule has 0 unspecified atom stereocenters. The minimum absolute atomic E-state index is 0.565. The summed E-state index contributed by atoms with van der Waals surface area (Å²) in [7, 11) is 0. The molecule has 152 valence electrons. The molecule has 0 spiro atoms. The maximum absolute atomic E-state index is 10.6. The maximum Gasteiger partial charge on any atom is 0.490 e. The molecule has 0 fully saturated rings. The second-order valence-corrected chi connectivity index (χ2v) is 6.76. The number of carboxylic acids is 1.